The summed E-state index contributed by atoms with van der Waals surface area (Å²) >= 11 is 5.95. The summed E-state index contributed by atoms with van der Waals surface area (Å²) in [7, 11) is 0. The van der Waals surface area contributed by atoms with E-state index in [1.807, 2.05) is 6.07 Å². The quantitative estimate of drug-likeness (QED) is 0.645. The molecule has 0 saturated heterocycles. The largest absolute Gasteiger partial charge is 0.389 e. The molecule has 0 spiro atoms. The zero-order chi connectivity index (χ0) is 21.9. The molecule has 0 bridgehead atoms. The predicted molar refractivity (Wildman–Crippen MR) is 111 cm³/mol. The molecular formula is C22H18ClFN4O2. The van der Waals surface area contributed by atoms with Gasteiger partial charge in [-0.05, 0) is 50.2 Å². The molecule has 0 atom stereocenters. The first-order chi connectivity index (χ1) is 14.1. The molecule has 0 aliphatic carbocycles. The lowest BCUT2D eigenvalue weighted by atomic mass is 10.1. The molecular weight excluding hydrogens is 407 g/mol. The van der Waals surface area contributed by atoms with Crippen molar-refractivity contribution >= 4 is 17.5 Å². The minimum absolute atomic E-state index is 0.0139. The summed E-state index contributed by atoms with van der Waals surface area (Å²) in [6, 6.07) is 14.0. The normalized spacial score (nSPS) is 11.1. The van der Waals surface area contributed by atoms with Gasteiger partial charge >= 0.3 is 0 Å². The Morgan fingerprint density at radius 2 is 1.87 bits per heavy atom. The molecule has 3 aromatic rings. The van der Waals surface area contributed by atoms with Crippen LogP contribution in [0.2, 0.25) is 5.02 Å². The average molecular weight is 425 g/mol. The van der Waals surface area contributed by atoms with Gasteiger partial charge in [0.1, 0.15) is 11.5 Å². The lowest BCUT2D eigenvalue weighted by Gasteiger charge is -2.17. The Kier molecular flexibility index (Phi) is 6.11. The highest BCUT2D eigenvalue weighted by atomic mass is 35.5. The second kappa shape index (κ2) is 8.57. The molecule has 2 N–H and O–H groups in total. The number of nitrogens with one attached hydrogen (secondary N) is 1. The summed E-state index contributed by atoms with van der Waals surface area (Å²) in [5, 5.41) is 22.1. The second-order valence-corrected chi connectivity index (χ2v) is 7.74. The van der Waals surface area contributed by atoms with Gasteiger partial charge in [-0.2, -0.15) is 5.26 Å². The minimum Gasteiger partial charge on any atom is -0.389 e. The number of aromatic nitrogens is 2. The van der Waals surface area contributed by atoms with Gasteiger partial charge in [0.2, 0.25) is 0 Å². The molecule has 8 heteroatoms. The number of halogens is 2. The van der Waals surface area contributed by atoms with Gasteiger partial charge in [0.25, 0.3) is 5.91 Å². The molecule has 0 unspecified atom stereocenters. The van der Waals surface area contributed by atoms with Crippen molar-refractivity contribution in [1.82, 2.24) is 15.3 Å². The smallest absolute Gasteiger partial charge is 0.270 e. The van der Waals surface area contributed by atoms with Crippen molar-refractivity contribution < 1.29 is 14.3 Å². The van der Waals surface area contributed by atoms with Crippen LogP contribution in [-0.2, 0) is 0 Å². The SMILES string of the molecule is CC(C)(O)CNC(=O)c1cc(-c2ccc(Cl)cc2)nc(-c2cc(F)cc(C#N)c2)n1. The molecule has 1 aromatic heterocycles. The minimum atomic E-state index is -1.10. The molecule has 3 rings (SSSR count). The third-order valence-electron chi connectivity index (χ3n) is 4.07. The van der Waals surface area contributed by atoms with Crippen molar-refractivity contribution in [2.24, 2.45) is 0 Å². The number of carbonyl (C=O) groups excluding carboxylic acids is 1. The molecule has 6 nitrogen and oxygen atoms in total. The zero-order valence-corrected chi connectivity index (χ0v) is 17.0. The molecule has 0 saturated carbocycles. The van der Waals surface area contributed by atoms with Crippen LogP contribution in [0.5, 0.6) is 0 Å². The summed E-state index contributed by atoms with van der Waals surface area (Å²) in [4.78, 5) is 21.4. The summed E-state index contributed by atoms with van der Waals surface area (Å²) in [5.41, 5.74) is 0.410. The van der Waals surface area contributed by atoms with Gasteiger partial charge in [0.05, 0.1) is 22.9 Å². The van der Waals surface area contributed by atoms with Gasteiger partial charge in [-0.3, -0.25) is 4.79 Å². The van der Waals surface area contributed by atoms with Crippen LogP contribution in [0.25, 0.3) is 22.6 Å². The van der Waals surface area contributed by atoms with Crippen molar-refractivity contribution in [3.05, 3.63) is 70.6 Å². The van der Waals surface area contributed by atoms with Crippen LogP contribution in [0.1, 0.15) is 29.9 Å². The van der Waals surface area contributed by atoms with E-state index < -0.39 is 17.3 Å². The van der Waals surface area contributed by atoms with E-state index in [4.69, 9.17) is 16.9 Å². The maximum atomic E-state index is 14.0. The van der Waals surface area contributed by atoms with E-state index in [0.29, 0.717) is 16.3 Å². The predicted octanol–water partition coefficient (Wildman–Crippen LogP) is 3.98. The Hall–Kier alpha value is -3.34. The lowest BCUT2D eigenvalue weighted by Crippen LogP contribution is -2.38. The zero-order valence-electron chi connectivity index (χ0n) is 16.3. The van der Waals surface area contributed by atoms with Gasteiger partial charge < -0.3 is 10.4 Å². The average Bonchev–Trinajstić information content (AvgIpc) is 2.71. The summed E-state index contributed by atoms with van der Waals surface area (Å²) in [6.07, 6.45) is 0. The maximum Gasteiger partial charge on any atom is 0.270 e. The van der Waals surface area contributed by atoms with Crippen molar-refractivity contribution in [3.8, 4) is 28.7 Å². The van der Waals surface area contributed by atoms with E-state index in [1.165, 1.54) is 18.2 Å². The molecule has 0 radical (unpaired) electrons. The Bertz CT molecular complexity index is 1140. The number of carbonyl (C=O) groups is 1. The first kappa shape index (κ1) is 21.4. The number of hydrogen-bond donors (Lipinski definition) is 2. The van der Waals surface area contributed by atoms with E-state index >= 15 is 0 Å². The van der Waals surface area contributed by atoms with Crippen molar-refractivity contribution in [2.75, 3.05) is 6.54 Å². The third kappa shape index (κ3) is 5.38. The standard InChI is InChI=1S/C22H18ClFN4O2/c1-22(2,30)12-26-21(29)19-10-18(14-3-5-16(23)6-4-14)27-20(28-19)15-7-13(11-25)8-17(24)9-15/h3-10,30H,12H2,1-2H3,(H,26,29). The van der Waals surface area contributed by atoms with Gasteiger partial charge in [-0.25, -0.2) is 14.4 Å². The van der Waals surface area contributed by atoms with Gasteiger partial charge in [0, 0.05) is 22.7 Å². The van der Waals surface area contributed by atoms with Gasteiger partial charge in [0.15, 0.2) is 5.82 Å². The fourth-order valence-corrected chi connectivity index (χ4v) is 2.76. The number of benzene rings is 2. The van der Waals surface area contributed by atoms with Crippen LogP contribution in [0, 0.1) is 17.1 Å². The number of rotatable bonds is 5. The van der Waals surface area contributed by atoms with E-state index in [0.717, 1.165) is 6.07 Å². The number of amides is 1. The summed E-state index contributed by atoms with van der Waals surface area (Å²) in [5.74, 6) is -1.04. The molecule has 0 aliphatic rings. The maximum absolute atomic E-state index is 14.0. The summed E-state index contributed by atoms with van der Waals surface area (Å²) in [6.45, 7) is 3.14. The van der Waals surface area contributed by atoms with E-state index in [-0.39, 0.29) is 29.2 Å². The lowest BCUT2D eigenvalue weighted by molar-refractivity contribution is 0.0692. The van der Waals surface area contributed by atoms with Gasteiger partial charge in [-0.15, -0.1) is 0 Å². The number of aliphatic hydroxyl groups is 1. The molecule has 1 amide bonds. The van der Waals surface area contributed by atoms with Crippen LogP contribution in [0.15, 0.2) is 48.5 Å². The van der Waals surface area contributed by atoms with Gasteiger partial charge in [-0.1, -0.05) is 23.7 Å². The first-order valence-corrected chi connectivity index (χ1v) is 9.39. The highest BCUT2D eigenvalue weighted by molar-refractivity contribution is 6.30. The van der Waals surface area contributed by atoms with Crippen molar-refractivity contribution in [1.29, 1.82) is 5.26 Å². The highest BCUT2D eigenvalue weighted by Crippen LogP contribution is 2.25. The van der Waals surface area contributed by atoms with Crippen LogP contribution < -0.4 is 5.32 Å². The number of nitrogens with zero attached hydrogens (tertiary/aromatic N) is 3. The second-order valence-electron chi connectivity index (χ2n) is 7.30. The van der Waals surface area contributed by atoms with Crippen LogP contribution in [-0.4, -0.2) is 33.1 Å². The van der Waals surface area contributed by atoms with E-state index in [9.17, 15) is 14.3 Å². The van der Waals surface area contributed by atoms with Crippen molar-refractivity contribution in [3.63, 3.8) is 0 Å². The molecule has 30 heavy (non-hydrogen) atoms. The number of nitriles is 1. The fraction of sp³-hybridized carbons (Fsp3) is 0.182. The number of hydrogen-bond acceptors (Lipinski definition) is 5. The highest BCUT2D eigenvalue weighted by Gasteiger charge is 2.18. The Labute approximate surface area is 178 Å². The van der Waals surface area contributed by atoms with Crippen LogP contribution in [0.4, 0.5) is 4.39 Å². The fourth-order valence-electron chi connectivity index (χ4n) is 2.63. The summed E-state index contributed by atoms with van der Waals surface area (Å²) < 4.78 is 14.0. The Morgan fingerprint density at radius 1 is 1.17 bits per heavy atom. The third-order valence-corrected chi connectivity index (χ3v) is 4.32. The Morgan fingerprint density at radius 3 is 2.50 bits per heavy atom. The molecule has 0 fully saturated rings. The molecule has 2 aromatic carbocycles. The molecule has 152 valence electrons. The molecule has 0 aliphatic heterocycles. The van der Waals surface area contributed by atoms with E-state index in [1.54, 1.807) is 38.1 Å². The topological polar surface area (TPSA) is 98.9 Å². The van der Waals surface area contributed by atoms with Crippen LogP contribution >= 0.6 is 11.6 Å². The van der Waals surface area contributed by atoms with E-state index in [2.05, 4.69) is 15.3 Å². The monoisotopic (exact) mass is 424 g/mol. The van der Waals surface area contributed by atoms with Crippen molar-refractivity contribution in [2.45, 2.75) is 19.4 Å². The Balaban J connectivity index is 2.11. The molecule has 1 heterocycles. The van der Waals surface area contributed by atoms with Crippen LogP contribution in [0.3, 0.4) is 0 Å². The first-order valence-electron chi connectivity index (χ1n) is 9.01.